The van der Waals surface area contributed by atoms with Gasteiger partial charge in [-0.1, -0.05) is 6.92 Å². The molecule has 1 N–H and O–H groups in total. The van der Waals surface area contributed by atoms with E-state index in [4.69, 9.17) is 4.74 Å². The highest BCUT2D eigenvalue weighted by Gasteiger charge is 2.21. The van der Waals surface area contributed by atoms with Crippen molar-refractivity contribution >= 4 is 5.91 Å². The number of ether oxygens (including phenoxy) is 1. The van der Waals surface area contributed by atoms with Crippen LogP contribution >= 0.6 is 0 Å². The van der Waals surface area contributed by atoms with E-state index in [1.165, 1.54) is 0 Å². The van der Waals surface area contributed by atoms with E-state index < -0.39 is 0 Å². The van der Waals surface area contributed by atoms with Crippen molar-refractivity contribution in [2.24, 2.45) is 0 Å². The summed E-state index contributed by atoms with van der Waals surface area (Å²) in [5.41, 5.74) is 3.44. The van der Waals surface area contributed by atoms with Crippen LogP contribution in [0.5, 0.6) is 0 Å². The molecule has 6 nitrogen and oxygen atoms in total. The number of methoxy groups -OCH3 is 1. The Morgan fingerprint density at radius 2 is 2.09 bits per heavy atom. The molecule has 2 aromatic heterocycles. The number of aromatic amines is 1. The van der Waals surface area contributed by atoms with Gasteiger partial charge < -0.3 is 9.64 Å². The molecule has 22 heavy (non-hydrogen) atoms. The van der Waals surface area contributed by atoms with Crippen LogP contribution in [0.2, 0.25) is 0 Å². The molecule has 2 rings (SSSR count). The first-order chi connectivity index (χ1) is 10.7. The summed E-state index contributed by atoms with van der Waals surface area (Å²) in [7, 11) is 1.63. The van der Waals surface area contributed by atoms with Crippen LogP contribution in [-0.4, -0.2) is 46.2 Å². The molecule has 1 amide bonds. The van der Waals surface area contributed by atoms with Crippen LogP contribution < -0.4 is 0 Å². The standard InChI is InChI=1S/C16H22N4O2/c1-4-14-12(2)15(19-18-14)16(21)20(9-10-22-3)11-13-5-7-17-8-6-13/h5-8H,4,9-11H2,1-3H3,(H,18,19). The molecule has 0 atom stereocenters. The number of hydrogen-bond acceptors (Lipinski definition) is 4. The normalized spacial score (nSPS) is 10.7. The van der Waals surface area contributed by atoms with Gasteiger partial charge in [-0.2, -0.15) is 5.10 Å². The second kappa shape index (κ2) is 7.70. The number of amides is 1. The molecule has 0 aliphatic heterocycles. The van der Waals surface area contributed by atoms with Gasteiger partial charge in [0.05, 0.1) is 6.61 Å². The molecule has 2 aromatic rings. The molecule has 0 unspecified atom stereocenters. The second-order valence-electron chi connectivity index (χ2n) is 5.10. The lowest BCUT2D eigenvalue weighted by Crippen LogP contribution is -2.34. The zero-order valence-corrected chi connectivity index (χ0v) is 13.3. The zero-order chi connectivity index (χ0) is 15.9. The lowest BCUT2D eigenvalue weighted by atomic mass is 10.1. The highest BCUT2D eigenvalue weighted by Crippen LogP contribution is 2.14. The average molecular weight is 302 g/mol. The maximum atomic E-state index is 12.8. The third-order valence-electron chi connectivity index (χ3n) is 3.64. The molecule has 0 aromatic carbocycles. The van der Waals surface area contributed by atoms with E-state index >= 15 is 0 Å². The number of aromatic nitrogens is 3. The Morgan fingerprint density at radius 3 is 2.68 bits per heavy atom. The fraction of sp³-hybridized carbons (Fsp3) is 0.438. The topological polar surface area (TPSA) is 71.1 Å². The lowest BCUT2D eigenvalue weighted by Gasteiger charge is -2.22. The molecular weight excluding hydrogens is 280 g/mol. The predicted octanol–water partition coefficient (Wildman–Crippen LogP) is 1.96. The molecule has 0 bridgehead atoms. The molecule has 0 spiro atoms. The summed E-state index contributed by atoms with van der Waals surface area (Å²) in [4.78, 5) is 18.5. The van der Waals surface area contributed by atoms with E-state index in [2.05, 4.69) is 15.2 Å². The number of aryl methyl sites for hydroxylation is 1. The van der Waals surface area contributed by atoms with Crippen LogP contribution in [0.25, 0.3) is 0 Å². The first kappa shape index (κ1) is 16.2. The zero-order valence-electron chi connectivity index (χ0n) is 13.3. The van der Waals surface area contributed by atoms with Gasteiger partial charge in [-0.3, -0.25) is 14.9 Å². The molecule has 0 aliphatic rings. The summed E-state index contributed by atoms with van der Waals surface area (Å²) in [6.07, 6.45) is 4.28. The van der Waals surface area contributed by atoms with E-state index in [0.29, 0.717) is 25.4 Å². The largest absolute Gasteiger partial charge is 0.383 e. The van der Waals surface area contributed by atoms with Crippen LogP contribution in [0.15, 0.2) is 24.5 Å². The lowest BCUT2D eigenvalue weighted by molar-refractivity contribution is 0.0674. The van der Waals surface area contributed by atoms with E-state index in [1.54, 1.807) is 24.4 Å². The third kappa shape index (κ3) is 3.71. The fourth-order valence-corrected chi connectivity index (χ4v) is 2.30. The number of H-pyrrole nitrogens is 1. The van der Waals surface area contributed by atoms with E-state index in [1.807, 2.05) is 26.0 Å². The van der Waals surface area contributed by atoms with Gasteiger partial charge in [-0.05, 0) is 31.0 Å². The smallest absolute Gasteiger partial charge is 0.275 e. The Balaban J connectivity index is 2.20. The maximum absolute atomic E-state index is 12.8. The van der Waals surface area contributed by atoms with E-state index in [9.17, 15) is 4.79 Å². The summed E-state index contributed by atoms with van der Waals surface area (Å²) in [6.45, 7) is 5.48. The number of pyridine rings is 1. The fourth-order valence-electron chi connectivity index (χ4n) is 2.30. The third-order valence-corrected chi connectivity index (χ3v) is 3.64. The Morgan fingerprint density at radius 1 is 1.36 bits per heavy atom. The van der Waals surface area contributed by atoms with Crippen LogP contribution in [0.3, 0.4) is 0 Å². The summed E-state index contributed by atoms with van der Waals surface area (Å²) in [6, 6.07) is 3.81. The summed E-state index contributed by atoms with van der Waals surface area (Å²) in [5.74, 6) is -0.0812. The number of hydrogen-bond donors (Lipinski definition) is 1. The number of carbonyl (C=O) groups excluding carboxylic acids is 1. The van der Waals surface area contributed by atoms with Crippen molar-refractivity contribution in [2.75, 3.05) is 20.3 Å². The molecule has 6 heteroatoms. The SMILES string of the molecule is CCc1[nH]nc(C(=O)N(CCOC)Cc2ccncc2)c1C. The van der Waals surface area contributed by atoms with E-state index in [0.717, 1.165) is 23.2 Å². The Bertz CT molecular complexity index is 610. The first-order valence-corrected chi connectivity index (χ1v) is 7.38. The number of carbonyl (C=O) groups is 1. The van der Waals surface area contributed by atoms with Gasteiger partial charge in [0.2, 0.25) is 0 Å². The van der Waals surface area contributed by atoms with Crippen LogP contribution in [0.4, 0.5) is 0 Å². The molecule has 0 fully saturated rings. The van der Waals surface area contributed by atoms with Gasteiger partial charge in [0, 0.05) is 43.9 Å². The highest BCUT2D eigenvalue weighted by molar-refractivity contribution is 5.93. The van der Waals surface area contributed by atoms with Crippen molar-refractivity contribution in [3.8, 4) is 0 Å². The van der Waals surface area contributed by atoms with Crippen molar-refractivity contribution < 1.29 is 9.53 Å². The minimum Gasteiger partial charge on any atom is -0.383 e. The quantitative estimate of drug-likeness (QED) is 0.849. The number of rotatable bonds is 7. The Hall–Kier alpha value is -2.21. The molecule has 0 aliphatic carbocycles. The molecule has 0 radical (unpaired) electrons. The van der Waals surface area contributed by atoms with Crippen LogP contribution in [0, 0.1) is 6.92 Å². The second-order valence-corrected chi connectivity index (χ2v) is 5.10. The summed E-state index contributed by atoms with van der Waals surface area (Å²) in [5, 5.41) is 7.13. The Labute approximate surface area is 130 Å². The van der Waals surface area contributed by atoms with Crippen molar-refractivity contribution in [3.63, 3.8) is 0 Å². The van der Waals surface area contributed by atoms with Crippen molar-refractivity contribution in [2.45, 2.75) is 26.8 Å². The monoisotopic (exact) mass is 302 g/mol. The highest BCUT2D eigenvalue weighted by atomic mass is 16.5. The first-order valence-electron chi connectivity index (χ1n) is 7.38. The number of nitrogens with zero attached hydrogens (tertiary/aromatic N) is 3. The van der Waals surface area contributed by atoms with Crippen LogP contribution in [-0.2, 0) is 17.7 Å². The molecular formula is C16H22N4O2. The minimum absolute atomic E-state index is 0.0812. The van der Waals surface area contributed by atoms with Gasteiger partial charge in [-0.15, -0.1) is 0 Å². The molecule has 0 saturated carbocycles. The summed E-state index contributed by atoms with van der Waals surface area (Å²) < 4.78 is 5.12. The van der Waals surface area contributed by atoms with Gasteiger partial charge in [0.25, 0.3) is 5.91 Å². The Kier molecular flexibility index (Phi) is 5.66. The van der Waals surface area contributed by atoms with Gasteiger partial charge >= 0.3 is 0 Å². The van der Waals surface area contributed by atoms with Crippen molar-refractivity contribution in [1.29, 1.82) is 0 Å². The average Bonchev–Trinajstić information content (AvgIpc) is 2.92. The molecule has 118 valence electrons. The van der Waals surface area contributed by atoms with Gasteiger partial charge in [-0.25, -0.2) is 0 Å². The minimum atomic E-state index is -0.0812. The van der Waals surface area contributed by atoms with Crippen molar-refractivity contribution in [3.05, 3.63) is 47.0 Å². The van der Waals surface area contributed by atoms with Gasteiger partial charge in [0.15, 0.2) is 5.69 Å². The van der Waals surface area contributed by atoms with Crippen LogP contribution in [0.1, 0.15) is 34.2 Å². The van der Waals surface area contributed by atoms with E-state index in [-0.39, 0.29) is 5.91 Å². The molecule has 0 saturated heterocycles. The number of nitrogens with one attached hydrogen (secondary N) is 1. The van der Waals surface area contributed by atoms with Crippen molar-refractivity contribution in [1.82, 2.24) is 20.1 Å². The summed E-state index contributed by atoms with van der Waals surface area (Å²) >= 11 is 0. The molecule has 2 heterocycles. The predicted molar refractivity (Wildman–Crippen MR) is 83.6 cm³/mol. The van der Waals surface area contributed by atoms with Gasteiger partial charge in [0.1, 0.15) is 0 Å². The maximum Gasteiger partial charge on any atom is 0.275 e.